The number of piperidine rings is 1. The van der Waals surface area contributed by atoms with Crippen LogP contribution in [0.3, 0.4) is 0 Å². The SMILES string of the molecule is CN1CCC(N2CCC(NC(=O)c3cn(C)c(=O)[nH]c3=O)C2)CC1. The van der Waals surface area contributed by atoms with Crippen molar-refractivity contribution in [1.82, 2.24) is 24.7 Å². The molecule has 0 radical (unpaired) electrons. The second-order valence-electron chi connectivity index (χ2n) is 6.90. The number of aromatic amines is 1. The van der Waals surface area contributed by atoms with Crippen LogP contribution in [-0.2, 0) is 7.05 Å². The van der Waals surface area contributed by atoms with Gasteiger partial charge >= 0.3 is 5.69 Å². The number of nitrogens with one attached hydrogen (secondary N) is 2. The quantitative estimate of drug-likeness (QED) is 0.737. The summed E-state index contributed by atoms with van der Waals surface area (Å²) in [6.45, 7) is 4.03. The van der Waals surface area contributed by atoms with Crippen LogP contribution in [0.25, 0.3) is 0 Å². The van der Waals surface area contributed by atoms with Crippen LogP contribution in [0.4, 0.5) is 0 Å². The smallest absolute Gasteiger partial charge is 0.328 e. The van der Waals surface area contributed by atoms with Gasteiger partial charge in [0.05, 0.1) is 0 Å². The van der Waals surface area contributed by atoms with Gasteiger partial charge in [-0.05, 0) is 39.4 Å². The Morgan fingerprint density at radius 3 is 2.58 bits per heavy atom. The minimum atomic E-state index is -0.638. The normalized spacial score (nSPS) is 23.5. The van der Waals surface area contributed by atoms with Crippen molar-refractivity contribution in [1.29, 1.82) is 0 Å². The van der Waals surface area contributed by atoms with Crippen LogP contribution in [0, 0.1) is 0 Å². The summed E-state index contributed by atoms with van der Waals surface area (Å²) < 4.78 is 1.20. The van der Waals surface area contributed by atoms with Gasteiger partial charge in [0.2, 0.25) is 0 Å². The average Bonchev–Trinajstić information content (AvgIpc) is 3.00. The number of carbonyl (C=O) groups is 1. The van der Waals surface area contributed by atoms with Crippen molar-refractivity contribution in [2.45, 2.75) is 31.3 Å². The summed E-state index contributed by atoms with van der Waals surface area (Å²) in [7, 11) is 3.65. The van der Waals surface area contributed by atoms with Crippen molar-refractivity contribution in [2.75, 3.05) is 33.2 Å². The molecule has 0 spiro atoms. The maximum absolute atomic E-state index is 12.3. The predicted octanol–water partition coefficient (Wildman–Crippen LogP) is -1.03. The number of nitrogens with zero attached hydrogens (tertiary/aromatic N) is 3. The molecule has 0 saturated carbocycles. The molecule has 0 bridgehead atoms. The van der Waals surface area contributed by atoms with Crippen molar-refractivity contribution >= 4 is 5.91 Å². The number of aryl methyl sites for hydroxylation is 1. The van der Waals surface area contributed by atoms with E-state index in [9.17, 15) is 14.4 Å². The van der Waals surface area contributed by atoms with Gasteiger partial charge in [-0.1, -0.05) is 0 Å². The van der Waals surface area contributed by atoms with E-state index in [1.807, 2.05) is 0 Å². The lowest BCUT2D eigenvalue weighted by Gasteiger charge is -2.35. The second-order valence-corrected chi connectivity index (χ2v) is 6.90. The number of hydrogen-bond donors (Lipinski definition) is 2. The van der Waals surface area contributed by atoms with Gasteiger partial charge in [-0.25, -0.2) is 4.79 Å². The highest BCUT2D eigenvalue weighted by Gasteiger charge is 2.31. The third kappa shape index (κ3) is 3.59. The number of aromatic nitrogens is 2. The fourth-order valence-corrected chi connectivity index (χ4v) is 3.59. The second kappa shape index (κ2) is 6.90. The van der Waals surface area contributed by atoms with Crippen LogP contribution in [0.1, 0.15) is 29.6 Å². The molecule has 1 aromatic heterocycles. The monoisotopic (exact) mass is 335 g/mol. The summed E-state index contributed by atoms with van der Waals surface area (Å²) >= 11 is 0. The molecule has 3 rings (SSSR count). The minimum absolute atomic E-state index is 0.0187. The first kappa shape index (κ1) is 16.9. The Bertz CT molecular complexity index is 717. The van der Waals surface area contributed by atoms with Gasteiger partial charge in [-0.2, -0.15) is 0 Å². The van der Waals surface area contributed by atoms with E-state index in [-0.39, 0.29) is 11.6 Å². The van der Waals surface area contributed by atoms with Crippen molar-refractivity contribution in [2.24, 2.45) is 7.05 Å². The Kier molecular flexibility index (Phi) is 4.86. The highest BCUT2D eigenvalue weighted by atomic mass is 16.2. The standard InChI is InChI=1S/C16H25N5O3/c1-19-6-4-12(5-7-19)21-8-3-11(9-21)17-14(22)13-10-20(2)16(24)18-15(13)23/h10-12H,3-9H2,1-2H3,(H,17,22)(H,18,23,24). The predicted molar refractivity (Wildman–Crippen MR) is 90.3 cm³/mol. The molecule has 3 heterocycles. The van der Waals surface area contributed by atoms with Crippen LogP contribution in [0.5, 0.6) is 0 Å². The Morgan fingerprint density at radius 1 is 1.17 bits per heavy atom. The molecular weight excluding hydrogens is 310 g/mol. The van der Waals surface area contributed by atoms with Gasteiger partial charge in [0.25, 0.3) is 11.5 Å². The molecule has 2 fully saturated rings. The third-order valence-electron chi connectivity index (χ3n) is 5.11. The number of carbonyl (C=O) groups excluding carboxylic acids is 1. The summed E-state index contributed by atoms with van der Waals surface area (Å²) in [4.78, 5) is 42.5. The van der Waals surface area contributed by atoms with E-state index < -0.39 is 17.2 Å². The first-order chi connectivity index (χ1) is 11.4. The topological polar surface area (TPSA) is 90.4 Å². The molecule has 8 nitrogen and oxygen atoms in total. The number of amides is 1. The minimum Gasteiger partial charge on any atom is -0.348 e. The van der Waals surface area contributed by atoms with Gasteiger partial charge in [0.1, 0.15) is 5.56 Å². The zero-order valence-corrected chi connectivity index (χ0v) is 14.2. The van der Waals surface area contributed by atoms with Gasteiger partial charge in [-0.15, -0.1) is 0 Å². The molecule has 2 aliphatic rings. The Morgan fingerprint density at radius 2 is 1.88 bits per heavy atom. The maximum atomic E-state index is 12.3. The average molecular weight is 335 g/mol. The molecule has 8 heteroatoms. The lowest BCUT2D eigenvalue weighted by Crippen LogP contribution is -2.45. The van der Waals surface area contributed by atoms with Crippen molar-refractivity contribution in [3.05, 3.63) is 32.6 Å². The van der Waals surface area contributed by atoms with E-state index >= 15 is 0 Å². The number of likely N-dealkylation sites (tertiary alicyclic amines) is 2. The van der Waals surface area contributed by atoms with E-state index in [1.54, 1.807) is 0 Å². The van der Waals surface area contributed by atoms with Crippen LogP contribution >= 0.6 is 0 Å². The van der Waals surface area contributed by atoms with E-state index in [0.29, 0.717) is 6.04 Å². The first-order valence-corrected chi connectivity index (χ1v) is 8.47. The molecule has 1 unspecified atom stereocenters. The molecule has 2 saturated heterocycles. The lowest BCUT2D eigenvalue weighted by atomic mass is 10.0. The Labute approximate surface area is 140 Å². The maximum Gasteiger partial charge on any atom is 0.328 e. The zero-order chi connectivity index (χ0) is 17.3. The van der Waals surface area contributed by atoms with Gasteiger partial charge in [-0.3, -0.25) is 19.5 Å². The summed E-state index contributed by atoms with van der Waals surface area (Å²) in [6, 6.07) is 0.637. The van der Waals surface area contributed by atoms with Crippen molar-refractivity contribution in [3.8, 4) is 0 Å². The number of H-pyrrole nitrogens is 1. The van der Waals surface area contributed by atoms with Crippen LogP contribution in [0.2, 0.25) is 0 Å². The van der Waals surface area contributed by atoms with Gasteiger partial charge < -0.3 is 14.8 Å². The molecule has 2 N–H and O–H groups in total. The largest absolute Gasteiger partial charge is 0.348 e. The molecule has 2 aliphatic heterocycles. The van der Waals surface area contributed by atoms with Crippen molar-refractivity contribution in [3.63, 3.8) is 0 Å². The summed E-state index contributed by atoms with van der Waals surface area (Å²) in [5.41, 5.74) is -1.18. The molecule has 1 aromatic rings. The summed E-state index contributed by atoms with van der Waals surface area (Å²) in [6.07, 6.45) is 4.51. The highest BCUT2D eigenvalue weighted by molar-refractivity contribution is 5.93. The van der Waals surface area contributed by atoms with Crippen LogP contribution < -0.4 is 16.6 Å². The van der Waals surface area contributed by atoms with E-state index in [1.165, 1.54) is 17.8 Å². The van der Waals surface area contributed by atoms with Crippen molar-refractivity contribution < 1.29 is 4.79 Å². The van der Waals surface area contributed by atoms with Gasteiger partial charge in [0.15, 0.2) is 0 Å². The van der Waals surface area contributed by atoms with Crippen LogP contribution in [0.15, 0.2) is 15.8 Å². The first-order valence-electron chi connectivity index (χ1n) is 8.47. The van der Waals surface area contributed by atoms with E-state index in [4.69, 9.17) is 0 Å². The summed E-state index contributed by atoms with van der Waals surface area (Å²) in [5.74, 6) is -0.415. The molecule has 24 heavy (non-hydrogen) atoms. The van der Waals surface area contributed by atoms with E-state index in [2.05, 4.69) is 27.1 Å². The fraction of sp³-hybridized carbons (Fsp3) is 0.688. The third-order valence-corrected chi connectivity index (χ3v) is 5.11. The molecule has 0 aliphatic carbocycles. The number of rotatable bonds is 3. The summed E-state index contributed by atoms with van der Waals surface area (Å²) in [5, 5.41) is 2.93. The molecule has 1 atom stereocenters. The Hall–Kier alpha value is -1.93. The van der Waals surface area contributed by atoms with Gasteiger partial charge in [0, 0.05) is 38.4 Å². The zero-order valence-electron chi connectivity index (χ0n) is 14.2. The molecule has 0 aromatic carbocycles. The molecule has 1 amide bonds. The molecular formula is C16H25N5O3. The molecule has 132 valence electrons. The highest BCUT2D eigenvalue weighted by Crippen LogP contribution is 2.20. The fourth-order valence-electron chi connectivity index (χ4n) is 3.59. The van der Waals surface area contributed by atoms with Crippen LogP contribution in [-0.4, -0.2) is 70.6 Å². The lowest BCUT2D eigenvalue weighted by molar-refractivity contribution is 0.0929. The number of hydrogen-bond acceptors (Lipinski definition) is 5. The van der Waals surface area contributed by atoms with E-state index in [0.717, 1.165) is 45.4 Å². The Balaban J connectivity index is 1.59.